The molecule has 126 valence electrons. The van der Waals surface area contributed by atoms with E-state index in [-0.39, 0.29) is 17.7 Å². The molecule has 5 nitrogen and oxygen atoms in total. The van der Waals surface area contributed by atoms with Crippen molar-refractivity contribution in [1.82, 2.24) is 15.1 Å². The van der Waals surface area contributed by atoms with Crippen LogP contribution in [0.15, 0.2) is 0 Å². The van der Waals surface area contributed by atoms with E-state index in [9.17, 15) is 4.79 Å². The topological polar surface area (TPSA) is 44.8 Å². The van der Waals surface area contributed by atoms with E-state index >= 15 is 0 Å². The molecule has 1 N–H and O–H groups in total. The van der Waals surface area contributed by atoms with Crippen molar-refractivity contribution >= 4 is 6.03 Å². The van der Waals surface area contributed by atoms with Crippen LogP contribution in [0, 0.1) is 0 Å². The lowest BCUT2D eigenvalue weighted by Gasteiger charge is -2.40. The molecular weight excluding hydrogens is 278 g/mol. The van der Waals surface area contributed by atoms with E-state index in [0.29, 0.717) is 6.61 Å². The zero-order valence-electron chi connectivity index (χ0n) is 14.0. The molecule has 0 aromatic heterocycles. The number of nitrogens with one attached hydrogen (secondary N) is 1. The van der Waals surface area contributed by atoms with Crippen LogP contribution in [0.25, 0.3) is 0 Å². The molecular formula is C17H31N3O2. The summed E-state index contributed by atoms with van der Waals surface area (Å²) in [5.41, 5.74) is -0.0334. The van der Waals surface area contributed by atoms with Gasteiger partial charge >= 0.3 is 6.03 Å². The van der Waals surface area contributed by atoms with Gasteiger partial charge in [-0.15, -0.1) is 0 Å². The van der Waals surface area contributed by atoms with Crippen molar-refractivity contribution in [3.63, 3.8) is 0 Å². The Morgan fingerprint density at radius 3 is 2.64 bits per heavy atom. The van der Waals surface area contributed by atoms with Gasteiger partial charge in [-0.2, -0.15) is 0 Å². The largest absolute Gasteiger partial charge is 0.371 e. The number of nitrogens with zero attached hydrogens (tertiary/aromatic N) is 2. The predicted molar refractivity (Wildman–Crippen MR) is 87.0 cm³/mol. The fourth-order valence-corrected chi connectivity index (χ4v) is 4.10. The second kappa shape index (κ2) is 7.18. The van der Waals surface area contributed by atoms with E-state index in [1.165, 1.54) is 38.8 Å². The number of carbonyl (C=O) groups is 1. The summed E-state index contributed by atoms with van der Waals surface area (Å²) in [7, 11) is 0. The first-order valence-corrected chi connectivity index (χ1v) is 9.09. The summed E-state index contributed by atoms with van der Waals surface area (Å²) in [5.74, 6) is 0. The molecule has 0 unspecified atom stereocenters. The first-order valence-electron chi connectivity index (χ1n) is 9.09. The fourth-order valence-electron chi connectivity index (χ4n) is 4.10. The number of morpholine rings is 1. The summed E-state index contributed by atoms with van der Waals surface area (Å²) in [6.07, 6.45) is 8.40. The van der Waals surface area contributed by atoms with Crippen molar-refractivity contribution in [2.24, 2.45) is 0 Å². The van der Waals surface area contributed by atoms with Crippen LogP contribution in [0.3, 0.4) is 0 Å². The van der Waals surface area contributed by atoms with Crippen LogP contribution < -0.4 is 5.32 Å². The lowest BCUT2D eigenvalue weighted by atomic mass is 10.00. The Morgan fingerprint density at radius 1 is 1.18 bits per heavy atom. The van der Waals surface area contributed by atoms with E-state index in [2.05, 4.69) is 17.1 Å². The zero-order valence-corrected chi connectivity index (χ0v) is 14.0. The van der Waals surface area contributed by atoms with Gasteiger partial charge in [0.05, 0.1) is 18.8 Å². The molecule has 2 heterocycles. The van der Waals surface area contributed by atoms with Gasteiger partial charge in [0, 0.05) is 19.1 Å². The van der Waals surface area contributed by atoms with Gasteiger partial charge in [0.1, 0.15) is 0 Å². The summed E-state index contributed by atoms with van der Waals surface area (Å²) >= 11 is 0. The molecule has 1 atom stereocenters. The molecule has 3 fully saturated rings. The fraction of sp³-hybridized carbons (Fsp3) is 0.941. The number of likely N-dealkylation sites (tertiary alicyclic amines) is 1. The van der Waals surface area contributed by atoms with Gasteiger partial charge in [0.15, 0.2) is 0 Å². The van der Waals surface area contributed by atoms with Gasteiger partial charge in [-0.25, -0.2) is 4.79 Å². The predicted octanol–water partition coefficient (Wildman–Crippen LogP) is 2.22. The molecule has 0 bridgehead atoms. The molecule has 2 aliphatic heterocycles. The van der Waals surface area contributed by atoms with Crippen LogP contribution >= 0.6 is 0 Å². The van der Waals surface area contributed by atoms with E-state index in [0.717, 1.165) is 38.9 Å². The van der Waals surface area contributed by atoms with Crippen molar-refractivity contribution in [3.8, 4) is 0 Å². The van der Waals surface area contributed by atoms with Crippen LogP contribution in [0.1, 0.15) is 51.9 Å². The average Bonchev–Trinajstić information content (AvgIpc) is 3.17. The molecule has 22 heavy (non-hydrogen) atoms. The minimum atomic E-state index is -0.0334. The first-order chi connectivity index (χ1) is 10.7. The zero-order chi connectivity index (χ0) is 15.4. The summed E-state index contributed by atoms with van der Waals surface area (Å²) in [4.78, 5) is 17.0. The summed E-state index contributed by atoms with van der Waals surface area (Å²) < 4.78 is 6.00. The Morgan fingerprint density at radius 2 is 1.91 bits per heavy atom. The third kappa shape index (κ3) is 3.93. The lowest BCUT2D eigenvalue weighted by Crippen LogP contribution is -2.56. The number of hydrogen-bond acceptors (Lipinski definition) is 3. The van der Waals surface area contributed by atoms with Crippen molar-refractivity contribution in [2.75, 3.05) is 39.3 Å². The summed E-state index contributed by atoms with van der Waals surface area (Å²) in [5, 5.41) is 3.18. The van der Waals surface area contributed by atoms with Gasteiger partial charge < -0.3 is 19.9 Å². The van der Waals surface area contributed by atoms with Crippen molar-refractivity contribution in [1.29, 1.82) is 0 Å². The average molecular weight is 309 g/mol. The van der Waals surface area contributed by atoms with E-state index in [1.54, 1.807) is 0 Å². The van der Waals surface area contributed by atoms with Crippen LogP contribution in [0.4, 0.5) is 4.79 Å². The molecule has 0 aromatic carbocycles. The van der Waals surface area contributed by atoms with Gasteiger partial charge in [-0.05, 0) is 52.1 Å². The Kier molecular flexibility index (Phi) is 5.24. The second-order valence-corrected chi connectivity index (χ2v) is 7.35. The van der Waals surface area contributed by atoms with E-state index in [4.69, 9.17) is 4.74 Å². The quantitative estimate of drug-likeness (QED) is 0.866. The van der Waals surface area contributed by atoms with Crippen molar-refractivity contribution in [3.05, 3.63) is 0 Å². The standard InChI is InChI=1S/C17H31N3O2/c1-15(6-11-19-9-4-5-10-19)18-16(21)20-12-13-22-17(14-20)7-2-3-8-17/h15H,2-14H2,1H3,(H,18,21)/t15-/m1/s1. The third-order valence-corrected chi connectivity index (χ3v) is 5.50. The lowest BCUT2D eigenvalue weighted by molar-refractivity contribution is -0.0927. The molecule has 1 saturated carbocycles. The van der Waals surface area contributed by atoms with Crippen LogP contribution in [-0.2, 0) is 4.74 Å². The van der Waals surface area contributed by atoms with Gasteiger partial charge in [0.2, 0.25) is 0 Å². The maximum absolute atomic E-state index is 12.5. The molecule has 1 spiro atoms. The van der Waals surface area contributed by atoms with E-state index in [1.807, 2.05) is 4.90 Å². The number of rotatable bonds is 4. The molecule has 1 aliphatic carbocycles. The highest BCUT2D eigenvalue weighted by Gasteiger charge is 2.40. The molecule has 0 radical (unpaired) electrons. The second-order valence-electron chi connectivity index (χ2n) is 7.35. The Balaban J connectivity index is 1.42. The summed E-state index contributed by atoms with van der Waals surface area (Å²) in [6.45, 7) is 7.88. The van der Waals surface area contributed by atoms with Crippen molar-refractivity contribution in [2.45, 2.75) is 63.5 Å². The maximum Gasteiger partial charge on any atom is 0.317 e. The third-order valence-electron chi connectivity index (χ3n) is 5.50. The molecule has 5 heteroatoms. The number of hydrogen-bond donors (Lipinski definition) is 1. The van der Waals surface area contributed by atoms with Crippen LogP contribution in [0.5, 0.6) is 0 Å². The van der Waals surface area contributed by atoms with E-state index < -0.39 is 0 Å². The number of urea groups is 1. The van der Waals surface area contributed by atoms with Crippen LogP contribution in [-0.4, -0.2) is 66.8 Å². The highest BCUT2D eigenvalue weighted by molar-refractivity contribution is 5.74. The Hall–Kier alpha value is -0.810. The molecule has 0 aromatic rings. The van der Waals surface area contributed by atoms with Gasteiger partial charge in [0.25, 0.3) is 0 Å². The number of ether oxygens (including phenoxy) is 1. The smallest absolute Gasteiger partial charge is 0.317 e. The minimum Gasteiger partial charge on any atom is -0.371 e. The highest BCUT2D eigenvalue weighted by Crippen LogP contribution is 2.35. The molecule has 2 amide bonds. The molecule has 3 aliphatic rings. The Bertz CT molecular complexity index is 376. The molecule has 2 saturated heterocycles. The minimum absolute atomic E-state index is 0.0334. The SMILES string of the molecule is C[C@H](CCN1CCCC1)NC(=O)N1CCOC2(CCCC2)C1. The Labute approximate surface area is 134 Å². The van der Waals surface area contributed by atoms with Crippen molar-refractivity contribution < 1.29 is 9.53 Å². The highest BCUT2D eigenvalue weighted by atomic mass is 16.5. The molecule has 3 rings (SSSR count). The van der Waals surface area contributed by atoms with Crippen LogP contribution in [0.2, 0.25) is 0 Å². The first kappa shape index (κ1) is 16.1. The number of amides is 2. The van der Waals surface area contributed by atoms with Gasteiger partial charge in [-0.1, -0.05) is 12.8 Å². The number of carbonyl (C=O) groups excluding carboxylic acids is 1. The monoisotopic (exact) mass is 309 g/mol. The summed E-state index contributed by atoms with van der Waals surface area (Å²) in [6, 6.07) is 0.346. The normalized spacial score (nSPS) is 26.5. The van der Waals surface area contributed by atoms with Gasteiger partial charge in [-0.3, -0.25) is 0 Å². The maximum atomic E-state index is 12.5.